The molecule has 0 aliphatic rings. The summed E-state index contributed by atoms with van der Waals surface area (Å²) < 4.78 is 15.5. The van der Waals surface area contributed by atoms with Crippen molar-refractivity contribution < 1.29 is 23.8 Å². The van der Waals surface area contributed by atoms with Gasteiger partial charge in [0, 0.05) is 23.9 Å². The normalized spacial score (nSPS) is 9.95. The fourth-order valence-electron chi connectivity index (χ4n) is 3.09. The van der Waals surface area contributed by atoms with Crippen LogP contribution in [0.2, 0.25) is 0 Å². The number of rotatable bonds is 16. The van der Waals surface area contributed by atoms with Crippen LogP contribution in [0.4, 0.5) is 5.69 Å². The lowest BCUT2D eigenvalue weighted by molar-refractivity contribution is -0.138. The molecule has 0 unspecified atom stereocenters. The first-order valence-corrected chi connectivity index (χ1v) is 12.9. The third-order valence-corrected chi connectivity index (χ3v) is 5.16. The number of carbonyl (C=O) groups excluding carboxylic acids is 2. The van der Waals surface area contributed by atoms with Gasteiger partial charge in [-0.15, -0.1) is 0 Å². The lowest BCUT2D eigenvalue weighted by Crippen LogP contribution is -2.03. The number of hydrogen-bond acceptors (Lipinski definition) is 7. The van der Waals surface area contributed by atoms with Gasteiger partial charge in [0.05, 0.1) is 31.7 Å². The Morgan fingerprint density at radius 1 is 0.795 bits per heavy atom. The van der Waals surface area contributed by atoms with E-state index in [1.54, 1.807) is 12.3 Å². The molecule has 1 heterocycles. The van der Waals surface area contributed by atoms with E-state index in [1.165, 1.54) is 6.08 Å². The highest BCUT2D eigenvalue weighted by molar-refractivity contribution is 5.81. The highest BCUT2D eigenvalue weighted by atomic mass is 16.5. The monoisotopic (exact) mass is 526 g/mol. The van der Waals surface area contributed by atoms with Gasteiger partial charge in [-0.05, 0) is 99.1 Å². The molecule has 7 nitrogen and oxygen atoms in total. The molecule has 0 spiro atoms. The first kappa shape index (κ1) is 30.6. The van der Waals surface area contributed by atoms with Gasteiger partial charge < -0.3 is 14.2 Å². The summed E-state index contributed by atoms with van der Waals surface area (Å²) in [7, 11) is 0. The number of pyridine rings is 1. The van der Waals surface area contributed by atoms with Crippen LogP contribution in [0.3, 0.4) is 0 Å². The van der Waals surface area contributed by atoms with Gasteiger partial charge in [0.15, 0.2) is 0 Å². The minimum absolute atomic E-state index is 0.377. The Bertz CT molecular complexity index is 1210. The van der Waals surface area contributed by atoms with E-state index >= 15 is 0 Å². The lowest BCUT2D eigenvalue weighted by atomic mass is 10.2. The number of aromatic nitrogens is 1. The summed E-state index contributed by atoms with van der Waals surface area (Å²) in [5, 5.41) is 0. The Morgan fingerprint density at radius 2 is 1.44 bits per heavy atom. The van der Waals surface area contributed by atoms with Crippen molar-refractivity contribution in [3.63, 3.8) is 0 Å². The van der Waals surface area contributed by atoms with Gasteiger partial charge in [0.1, 0.15) is 11.4 Å². The molecule has 0 radical (unpaired) electrons. The third kappa shape index (κ3) is 14.6. The quantitative estimate of drug-likeness (QED) is 0.0909. The SMILES string of the molecule is C=CC(=O)OCCCCCC=Nc1ccc(C#CC#Cc2ccc(OCCCCCOC(=O)C=C)cn2)cc1. The van der Waals surface area contributed by atoms with Gasteiger partial charge >= 0.3 is 11.9 Å². The van der Waals surface area contributed by atoms with Gasteiger partial charge in [0.25, 0.3) is 0 Å². The van der Waals surface area contributed by atoms with Gasteiger partial charge in [0.2, 0.25) is 0 Å². The standard InChI is InChI=1S/C32H34N2O5/c1-3-31(35)38-24-11-6-5-10-22-33-29-18-16-27(17-19-29)14-8-9-15-28-20-21-30(26-34-28)37-23-12-7-13-25-39-32(36)4-2/h3-4,16-22,26H,1-2,5-7,10-13,23-25H2. The van der Waals surface area contributed by atoms with E-state index in [2.05, 4.69) is 46.8 Å². The average molecular weight is 527 g/mol. The summed E-state index contributed by atoms with van der Waals surface area (Å²) in [4.78, 5) is 30.6. The number of aliphatic imine (C=N–C) groups is 1. The maximum atomic E-state index is 11.0. The van der Waals surface area contributed by atoms with E-state index in [1.807, 2.05) is 36.5 Å². The molecule has 39 heavy (non-hydrogen) atoms. The molecule has 1 aromatic heterocycles. The van der Waals surface area contributed by atoms with Gasteiger partial charge in [-0.1, -0.05) is 19.1 Å². The van der Waals surface area contributed by atoms with Crippen molar-refractivity contribution >= 4 is 23.8 Å². The molecule has 202 valence electrons. The van der Waals surface area contributed by atoms with Crippen LogP contribution in [0.1, 0.15) is 56.2 Å². The fourth-order valence-corrected chi connectivity index (χ4v) is 3.09. The van der Waals surface area contributed by atoms with E-state index in [0.29, 0.717) is 31.3 Å². The van der Waals surface area contributed by atoms with E-state index in [9.17, 15) is 9.59 Å². The van der Waals surface area contributed by atoms with Crippen molar-refractivity contribution in [1.29, 1.82) is 0 Å². The van der Waals surface area contributed by atoms with E-state index in [4.69, 9.17) is 14.2 Å². The molecular formula is C32H34N2O5. The molecule has 0 bridgehead atoms. The van der Waals surface area contributed by atoms with Crippen LogP contribution in [-0.2, 0) is 19.1 Å². The molecule has 2 rings (SSSR count). The maximum absolute atomic E-state index is 11.0. The van der Waals surface area contributed by atoms with Crippen LogP contribution in [0, 0.1) is 23.7 Å². The Kier molecular flexibility index (Phi) is 15.3. The van der Waals surface area contributed by atoms with Gasteiger partial charge in [-0.25, -0.2) is 14.6 Å². The molecule has 0 N–H and O–H groups in total. The number of carbonyl (C=O) groups is 2. The lowest BCUT2D eigenvalue weighted by Gasteiger charge is -2.05. The van der Waals surface area contributed by atoms with E-state index in [-0.39, 0.29) is 5.97 Å². The summed E-state index contributed by atoms with van der Waals surface area (Å²) in [5.74, 6) is 11.5. The molecular weight excluding hydrogens is 492 g/mol. The van der Waals surface area contributed by atoms with E-state index in [0.717, 1.165) is 62.3 Å². The maximum Gasteiger partial charge on any atom is 0.330 e. The number of esters is 2. The Labute approximate surface area is 231 Å². The van der Waals surface area contributed by atoms with Crippen LogP contribution in [0.15, 0.2) is 72.9 Å². The van der Waals surface area contributed by atoms with Crippen molar-refractivity contribution in [3.05, 3.63) is 79.2 Å². The van der Waals surface area contributed by atoms with Crippen molar-refractivity contribution in [3.8, 4) is 29.4 Å². The molecule has 0 aliphatic heterocycles. The van der Waals surface area contributed by atoms with Crippen molar-refractivity contribution in [1.82, 2.24) is 4.98 Å². The molecule has 0 aliphatic carbocycles. The summed E-state index contributed by atoms with van der Waals surface area (Å²) in [6.45, 7) is 8.10. The second-order valence-electron chi connectivity index (χ2n) is 8.24. The summed E-state index contributed by atoms with van der Waals surface area (Å²) in [6.07, 6.45) is 12.1. The zero-order valence-electron chi connectivity index (χ0n) is 22.2. The minimum Gasteiger partial charge on any atom is -0.492 e. The highest BCUT2D eigenvalue weighted by Gasteiger charge is 1.98. The van der Waals surface area contributed by atoms with E-state index < -0.39 is 5.97 Å². The second kappa shape index (κ2) is 19.5. The third-order valence-electron chi connectivity index (χ3n) is 5.16. The molecule has 0 atom stereocenters. The molecule has 1 aromatic carbocycles. The second-order valence-corrected chi connectivity index (χ2v) is 8.24. The van der Waals surface area contributed by atoms with Gasteiger partial charge in [-0.2, -0.15) is 0 Å². The van der Waals surface area contributed by atoms with Crippen molar-refractivity contribution in [2.24, 2.45) is 4.99 Å². The smallest absolute Gasteiger partial charge is 0.330 e. The van der Waals surface area contributed by atoms with Crippen LogP contribution in [-0.4, -0.2) is 43.0 Å². The Hall–Kier alpha value is -4.62. The summed E-state index contributed by atoms with van der Waals surface area (Å²) >= 11 is 0. The average Bonchev–Trinajstić information content (AvgIpc) is 2.97. The predicted molar refractivity (Wildman–Crippen MR) is 153 cm³/mol. The number of ether oxygens (including phenoxy) is 3. The molecule has 2 aromatic rings. The highest BCUT2D eigenvalue weighted by Crippen LogP contribution is 2.13. The molecule has 0 fully saturated rings. The zero-order chi connectivity index (χ0) is 28.0. The number of unbranched alkanes of at least 4 members (excludes halogenated alkanes) is 5. The Morgan fingerprint density at radius 3 is 2.08 bits per heavy atom. The minimum atomic E-state index is -0.394. The molecule has 7 heteroatoms. The largest absolute Gasteiger partial charge is 0.492 e. The number of hydrogen-bond donors (Lipinski definition) is 0. The first-order valence-electron chi connectivity index (χ1n) is 12.9. The molecule has 0 saturated heterocycles. The first-order chi connectivity index (χ1) is 19.1. The van der Waals surface area contributed by atoms with Crippen molar-refractivity contribution in [2.75, 3.05) is 19.8 Å². The van der Waals surface area contributed by atoms with Crippen molar-refractivity contribution in [2.45, 2.75) is 44.9 Å². The van der Waals surface area contributed by atoms with Gasteiger partial charge in [-0.3, -0.25) is 4.99 Å². The van der Waals surface area contributed by atoms with Crippen LogP contribution >= 0.6 is 0 Å². The van der Waals surface area contributed by atoms with Crippen LogP contribution < -0.4 is 4.74 Å². The number of benzene rings is 1. The van der Waals surface area contributed by atoms with Crippen LogP contribution in [0.5, 0.6) is 5.75 Å². The Balaban J connectivity index is 1.64. The topological polar surface area (TPSA) is 87.1 Å². The fraction of sp³-hybridized carbons (Fsp3) is 0.312. The zero-order valence-corrected chi connectivity index (χ0v) is 22.2. The summed E-state index contributed by atoms with van der Waals surface area (Å²) in [5.41, 5.74) is 2.34. The predicted octanol–water partition coefficient (Wildman–Crippen LogP) is 5.76. The summed E-state index contributed by atoms with van der Waals surface area (Å²) in [6, 6.07) is 11.3. The van der Waals surface area contributed by atoms with Crippen LogP contribution in [0.25, 0.3) is 0 Å². The molecule has 0 amide bonds. The molecule has 0 saturated carbocycles. The number of nitrogens with zero attached hydrogens (tertiary/aromatic N) is 2.